The number of rotatable bonds is 6. The van der Waals surface area contributed by atoms with Crippen molar-refractivity contribution in [3.8, 4) is 0 Å². The highest BCUT2D eigenvalue weighted by molar-refractivity contribution is 5.21. The van der Waals surface area contributed by atoms with E-state index in [2.05, 4.69) is 26.1 Å². The monoisotopic (exact) mass is 223 g/mol. The predicted octanol–water partition coefficient (Wildman–Crippen LogP) is 3.56. The Bertz CT molecular complexity index is 292. The first-order valence-corrected chi connectivity index (χ1v) is 6.11. The van der Waals surface area contributed by atoms with Gasteiger partial charge in [0.25, 0.3) is 0 Å². The summed E-state index contributed by atoms with van der Waals surface area (Å²) in [6.45, 7) is 8.60. The molecule has 0 aromatic heterocycles. The van der Waals surface area contributed by atoms with Gasteiger partial charge in [-0.2, -0.15) is 0 Å². The number of halogens is 1. The molecule has 0 radical (unpaired) electrons. The average molecular weight is 223 g/mol. The van der Waals surface area contributed by atoms with Gasteiger partial charge in [-0.05, 0) is 42.5 Å². The number of benzene rings is 1. The van der Waals surface area contributed by atoms with Gasteiger partial charge in [0.05, 0.1) is 0 Å². The second-order valence-electron chi connectivity index (χ2n) is 4.61. The van der Waals surface area contributed by atoms with Crippen LogP contribution in [0, 0.1) is 11.7 Å². The summed E-state index contributed by atoms with van der Waals surface area (Å²) in [5, 5.41) is 3.44. The maximum absolute atomic E-state index is 12.8. The maximum atomic E-state index is 12.8. The maximum Gasteiger partial charge on any atom is 0.123 e. The van der Waals surface area contributed by atoms with Gasteiger partial charge in [0.2, 0.25) is 0 Å². The lowest BCUT2D eigenvalue weighted by Crippen LogP contribution is -2.25. The van der Waals surface area contributed by atoms with Crippen molar-refractivity contribution in [1.29, 1.82) is 0 Å². The Balaban J connectivity index is 2.65. The van der Waals surface area contributed by atoms with E-state index in [1.165, 1.54) is 5.56 Å². The molecule has 0 aliphatic heterocycles. The Morgan fingerprint density at radius 1 is 1.19 bits per heavy atom. The minimum atomic E-state index is -0.159. The van der Waals surface area contributed by atoms with Crippen LogP contribution in [0.15, 0.2) is 24.3 Å². The number of hydrogen-bond acceptors (Lipinski definition) is 1. The molecule has 0 aliphatic carbocycles. The molecule has 1 atom stereocenters. The quantitative estimate of drug-likeness (QED) is 0.727. The van der Waals surface area contributed by atoms with Gasteiger partial charge in [-0.1, -0.05) is 32.9 Å². The minimum absolute atomic E-state index is 0.159. The summed E-state index contributed by atoms with van der Waals surface area (Å²) < 4.78 is 12.8. The van der Waals surface area contributed by atoms with E-state index >= 15 is 0 Å². The van der Waals surface area contributed by atoms with Crippen LogP contribution in [0.25, 0.3) is 0 Å². The van der Waals surface area contributed by atoms with Crippen LogP contribution in [0.3, 0.4) is 0 Å². The molecule has 0 heterocycles. The lowest BCUT2D eigenvalue weighted by molar-refractivity contribution is 0.461. The molecule has 0 amide bonds. The highest BCUT2D eigenvalue weighted by Gasteiger charge is 2.15. The summed E-state index contributed by atoms with van der Waals surface area (Å²) in [4.78, 5) is 0. The van der Waals surface area contributed by atoms with Crippen LogP contribution < -0.4 is 5.32 Å². The van der Waals surface area contributed by atoms with Crippen molar-refractivity contribution in [2.24, 2.45) is 5.92 Å². The van der Waals surface area contributed by atoms with E-state index < -0.39 is 0 Å². The summed E-state index contributed by atoms with van der Waals surface area (Å²) in [6, 6.07) is 6.89. The zero-order valence-corrected chi connectivity index (χ0v) is 10.5. The molecule has 1 N–H and O–H groups in total. The largest absolute Gasteiger partial charge is 0.316 e. The SMILES string of the molecule is CCCNCC(c1ccc(F)cc1)C(C)C. The normalized spacial score (nSPS) is 13.1. The first-order chi connectivity index (χ1) is 7.65. The van der Waals surface area contributed by atoms with Crippen LogP contribution in [0.4, 0.5) is 4.39 Å². The first kappa shape index (κ1) is 13.2. The van der Waals surface area contributed by atoms with Gasteiger partial charge in [-0.3, -0.25) is 0 Å². The van der Waals surface area contributed by atoms with Crippen LogP contribution in [0.2, 0.25) is 0 Å². The second-order valence-corrected chi connectivity index (χ2v) is 4.61. The van der Waals surface area contributed by atoms with Crippen molar-refractivity contribution in [2.75, 3.05) is 13.1 Å². The van der Waals surface area contributed by atoms with Gasteiger partial charge >= 0.3 is 0 Å². The summed E-state index contributed by atoms with van der Waals surface area (Å²) >= 11 is 0. The third kappa shape index (κ3) is 3.93. The van der Waals surface area contributed by atoms with Crippen molar-refractivity contribution in [2.45, 2.75) is 33.1 Å². The molecule has 2 heteroatoms. The molecule has 1 nitrogen and oxygen atoms in total. The molecule has 0 aliphatic rings. The molecule has 16 heavy (non-hydrogen) atoms. The molecule has 1 unspecified atom stereocenters. The molecular weight excluding hydrogens is 201 g/mol. The van der Waals surface area contributed by atoms with Crippen molar-refractivity contribution in [3.05, 3.63) is 35.6 Å². The van der Waals surface area contributed by atoms with Crippen LogP contribution in [0.1, 0.15) is 38.7 Å². The Morgan fingerprint density at radius 3 is 2.31 bits per heavy atom. The summed E-state index contributed by atoms with van der Waals surface area (Å²) in [7, 11) is 0. The molecule has 0 bridgehead atoms. The van der Waals surface area contributed by atoms with Gasteiger partial charge < -0.3 is 5.32 Å². The molecule has 1 rings (SSSR count). The van der Waals surface area contributed by atoms with Gasteiger partial charge in [0.1, 0.15) is 5.82 Å². The van der Waals surface area contributed by atoms with Crippen LogP contribution in [0.5, 0.6) is 0 Å². The number of hydrogen-bond donors (Lipinski definition) is 1. The Labute approximate surface area is 98.1 Å². The molecule has 1 aromatic carbocycles. The number of nitrogens with one attached hydrogen (secondary N) is 1. The van der Waals surface area contributed by atoms with E-state index in [-0.39, 0.29) is 5.82 Å². The topological polar surface area (TPSA) is 12.0 Å². The van der Waals surface area contributed by atoms with Gasteiger partial charge in [0, 0.05) is 6.54 Å². The van der Waals surface area contributed by atoms with Gasteiger partial charge in [-0.15, -0.1) is 0 Å². The fourth-order valence-corrected chi connectivity index (χ4v) is 1.88. The van der Waals surface area contributed by atoms with Crippen molar-refractivity contribution < 1.29 is 4.39 Å². The van der Waals surface area contributed by atoms with Crippen molar-refractivity contribution in [3.63, 3.8) is 0 Å². The Morgan fingerprint density at radius 2 is 1.81 bits per heavy atom. The van der Waals surface area contributed by atoms with Crippen molar-refractivity contribution in [1.82, 2.24) is 5.32 Å². The van der Waals surface area contributed by atoms with E-state index in [0.29, 0.717) is 11.8 Å². The van der Waals surface area contributed by atoms with Crippen LogP contribution in [-0.2, 0) is 0 Å². The predicted molar refractivity (Wildman–Crippen MR) is 67.1 cm³/mol. The standard InChI is InChI=1S/C14H22FN/c1-4-9-16-10-14(11(2)3)12-5-7-13(15)8-6-12/h5-8,11,14,16H,4,9-10H2,1-3H3. The summed E-state index contributed by atoms with van der Waals surface area (Å²) in [5.41, 5.74) is 1.22. The lowest BCUT2D eigenvalue weighted by atomic mass is 9.88. The molecule has 1 aromatic rings. The highest BCUT2D eigenvalue weighted by Crippen LogP contribution is 2.23. The van der Waals surface area contributed by atoms with Crippen molar-refractivity contribution >= 4 is 0 Å². The van der Waals surface area contributed by atoms with E-state index in [1.807, 2.05) is 12.1 Å². The molecule has 0 saturated carbocycles. The zero-order valence-electron chi connectivity index (χ0n) is 10.5. The van der Waals surface area contributed by atoms with Gasteiger partial charge in [0.15, 0.2) is 0 Å². The summed E-state index contributed by atoms with van der Waals surface area (Å²) in [6.07, 6.45) is 1.15. The molecular formula is C14H22FN. The Hall–Kier alpha value is -0.890. The summed E-state index contributed by atoms with van der Waals surface area (Å²) in [5.74, 6) is 0.870. The van der Waals surface area contributed by atoms with Gasteiger partial charge in [-0.25, -0.2) is 4.39 Å². The average Bonchev–Trinajstić information content (AvgIpc) is 2.26. The molecule has 0 saturated heterocycles. The molecule has 90 valence electrons. The third-order valence-corrected chi connectivity index (χ3v) is 2.89. The molecule has 0 fully saturated rings. The van der Waals surface area contributed by atoms with Crippen LogP contribution in [-0.4, -0.2) is 13.1 Å². The first-order valence-electron chi connectivity index (χ1n) is 6.11. The second kappa shape index (κ2) is 6.64. The molecule has 0 spiro atoms. The van der Waals surface area contributed by atoms with Crippen LogP contribution >= 0.6 is 0 Å². The minimum Gasteiger partial charge on any atom is -0.316 e. The fraction of sp³-hybridized carbons (Fsp3) is 0.571. The fourth-order valence-electron chi connectivity index (χ4n) is 1.88. The third-order valence-electron chi connectivity index (χ3n) is 2.89. The highest BCUT2D eigenvalue weighted by atomic mass is 19.1. The zero-order chi connectivity index (χ0) is 12.0. The van der Waals surface area contributed by atoms with E-state index in [4.69, 9.17) is 0 Å². The lowest BCUT2D eigenvalue weighted by Gasteiger charge is -2.21. The van der Waals surface area contributed by atoms with E-state index in [1.54, 1.807) is 12.1 Å². The van der Waals surface area contributed by atoms with E-state index in [0.717, 1.165) is 19.5 Å². The van der Waals surface area contributed by atoms with E-state index in [9.17, 15) is 4.39 Å². The smallest absolute Gasteiger partial charge is 0.123 e. The Kier molecular flexibility index (Phi) is 5.47.